The van der Waals surface area contributed by atoms with E-state index < -0.39 is 0 Å². The van der Waals surface area contributed by atoms with Crippen LogP contribution in [0.1, 0.15) is 0 Å². The van der Waals surface area contributed by atoms with Crippen molar-refractivity contribution in [1.82, 2.24) is 0 Å². The molecule has 4 heavy (non-hydrogen) atoms. The Balaban J connectivity index is 0. The molecule has 0 aliphatic carbocycles. The zero-order valence-corrected chi connectivity index (χ0v) is 4.54. The van der Waals surface area contributed by atoms with Crippen molar-refractivity contribution in [3.8, 4) is 0 Å². The molecule has 0 aromatic rings. The summed E-state index contributed by atoms with van der Waals surface area (Å²) in [6, 6.07) is 0. The minimum absolute atomic E-state index is 0. The number of hydrogen-bond acceptors (Lipinski definition) is 0. The maximum absolute atomic E-state index is 0. The normalized spacial score (nSPS) is 0. The minimum Gasteiger partial charge on any atom is -0.693 e. The van der Waals surface area contributed by atoms with Crippen molar-refractivity contribution in [2.24, 2.45) is 0 Å². The number of rotatable bonds is 0. The van der Waals surface area contributed by atoms with Crippen LogP contribution in [0.25, 0.3) is 18.5 Å². The van der Waals surface area contributed by atoms with E-state index in [1.807, 2.05) is 0 Å². The molecule has 28 valence electrons. The van der Waals surface area contributed by atoms with Gasteiger partial charge < -0.3 is 18.5 Å². The molecule has 0 unspecified atom stereocenters. The predicted molar refractivity (Wildman–Crippen MR) is 15.9 cm³/mol. The predicted octanol–water partition coefficient (Wildman–Crippen LogP) is 2.15. The molecule has 0 rings (SSSR count). The first-order chi connectivity index (χ1) is 0. The first-order valence-corrected chi connectivity index (χ1v) is 0. The van der Waals surface area contributed by atoms with E-state index in [4.69, 9.17) is 0 Å². The average Bonchev–Trinajstić information content (AvgIpc) is 0. The van der Waals surface area contributed by atoms with E-state index in [1.54, 1.807) is 0 Å². The molecule has 0 spiro atoms. The monoisotopic (exact) mass is 201 g/mol. The molecule has 0 saturated heterocycles. The fourth-order valence-electron chi connectivity index (χ4n) is 0. The molecule has 0 heterocycles. The molecule has 0 aliphatic heterocycles. The average molecular weight is 200 g/mol. The fourth-order valence-corrected chi connectivity index (χ4v) is 0. The summed E-state index contributed by atoms with van der Waals surface area (Å²) >= 11 is 0. The summed E-state index contributed by atoms with van der Waals surface area (Å²) in [5.74, 6) is 0. The third-order valence-corrected chi connectivity index (χ3v) is 0. The molecule has 0 radical (unpaired) electrons. The van der Waals surface area contributed by atoms with Gasteiger partial charge in [0, 0.05) is 0 Å². The Bertz CT molecular complexity index is 3.25. The second kappa shape index (κ2) is 25.0. The van der Waals surface area contributed by atoms with Crippen molar-refractivity contribution in [3.63, 3.8) is 0 Å². The van der Waals surface area contributed by atoms with Gasteiger partial charge in [0.2, 0.25) is 0 Å². The Kier molecular flexibility index (Phi) is 317. The summed E-state index contributed by atoms with van der Waals surface area (Å²) in [6.45, 7) is 0. The quantitative estimate of drug-likeness (QED) is 0.571. The third kappa shape index (κ3) is 9.81. The molecule has 0 amide bonds. The zero-order chi connectivity index (χ0) is 0. The largest absolute Gasteiger partial charge is 3.00 e. The zero-order valence-electron chi connectivity index (χ0n) is 2.11. The van der Waals surface area contributed by atoms with Crippen LogP contribution in [0.5, 0.6) is 0 Å². The van der Waals surface area contributed by atoms with Gasteiger partial charge in [-0.25, -0.2) is 0 Å². The molecule has 0 saturated carbocycles. The molecule has 3 nitrogen and oxygen atoms in total. The summed E-state index contributed by atoms with van der Waals surface area (Å²) in [5.41, 5.74) is 0. The molecule has 0 atom stereocenters. The van der Waals surface area contributed by atoms with Gasteiger partial charge in [0.25, 0.3) is 0 Å². The van der Waals surface area contributed by atoms with Crippen LogP contribution in [-0.2, 0) is 0 Å². The number of nitrogens with two attached hydrogens (primary N) is 3. The smallest absolute Gasteiger partial charge is 0.693 e. The molecular formula is H6EuN3. The van der Waals surface area contributed by atoms with Gasteiger partial charge in [-0.1, -0.05) is 0 Å². The standard InChI is InChI=1S/Eu.3H2N/h;3*1H2/q+3;3*-1. The molecule has 0 aliphatic rings. The van der Waals surface area contributed by atoms with Crippen LogP contribution in [0.3, 0.4) is 0 Å². The van der Waals surface area contributed by atoms with Crippen molar-refractivity contribution in [2.45, 2.75) is 0 Å². The maximum atomic E-state index is 0. The van der Waals surface area contributed by atoms with Gasteiger partial charge in [-0.05, 0) is 0 Å². The van der Waals surface area contributed by atoms with E-state index in [0.717, 1.165) is 0 Å². The number of hydrogen-bond donors (Lipinski definition) is 0. The summed E-state index contributed by atoms with van der Waals surface area (Å²) in [7, 11) is 0. The second-order valence-corrected chi connectivity index (χ2v) is 0. The topological polar surface area (TPSA) is 100 Å². The van der Waals surface area contributed by atoms with Crippen LogP contribution >= 0.6 is 0 Å². The Hall–Kier alpha value is 1.46. The summed E-state index contributed by atoms with van der Waals surface area (Å²) in [6.07, 6.45) is 0. The fraction of sp³-hybridized carbons (Fsp3) is 0. The van der Waals surface area contributed by atoms with Crippen LogP contribution < -0.4 is 0 Å². The third-order valence-electron chi connectivity index (χ3n) is 0. The van der Waals surface area contributed by atoms with Gasteiger partial charge >= 0.3 is 49.4 Å². The van der Waals surface area contributed by atoms with E-state index in [-0.39, 0.29) is 67.8 Å². The van der Waals surface area contributed by atoms with Crippen LogP contribution in [0, 0.1) is 49.4 Å². The van der Waals surface area contributed by atoms with Crippen LogP contribution in [0.2, 0.25) is 0 Å². The van der Waals surface area contributed by atoms with Gasteiger partial charge in [-0.2, -0.15) is 0 Å². The van der Waals surface area contributed by atoms with Crippen molar-refractivity contribution < 1.29 is 49.4 Å². The molecule has 0 aromatic carbocycles. The van der Waals surface area contributed by atoms with Crippen molar-refractivity contribution in [1.29, 1.82) is 0 Å². The van der Waals surface area contributed by atoms with Gasteiger partial charge in [-0.15, -0.1) is 0 Å². The van der Waals surface area contributed by atoms with Crippen molar-refractivity contribution in [3.05, 3.63) is 18.5 Å². The van der Waals surface area contributed by atoms with Gasteiger partial charge in [0.1, 0.15) is 0 Å². The Morgan fingerprint density at radius 1 is 0.500 bits per heavy atom. The molecule has 4 heteroatoms. The van der Waals surface area contributed by atoms with Crippen LogP contribution in [-0.4, -0.2) is 0 Å². The molecule has 0 bridgehead atoms. The summed E-state index contributed by atoms with van der Waals surface area (Å²) in [4.78, 5) is 0. The SMILES string of the molecule is [Eu+3].[NH2-].[NH2-].[NH2-]. The second-order valence-electron chi connectivity index (χ2n) is 0. The van der Waals surface area contributed by atoms with E-state index in [0.29, 0.717) is 0 Å². The Labute approximate surface area is 66.8 Å². The summed E-state index contributed by atoms with van der Waals surface area (Å²) < 4.78 is 0. The van der Waals surface area contributed by atoms with Crippen LogP contribution in [0.4, 0.5) is 0 Å². The first kappa shape index (κ1) is 50.8. The van der Waals surface area contributed by atoms with E-state index >= 15 is 0 Å². The molecular weight excluding hydrogens is 194 g/mol. The van der Waals surface area contributed by atoms with Gasteiger partial charge in [-0.3, -0.25) is 0 Å². The van der Waals surface area contributed by atoms with E-state index in [1.165, 1.54) is 0 Å². The van der Waals surface area contributed by atoms with E-state index in [9.17, 15) is 0 Å². The molecule has 0 aromatic heterocycles. The Morgan fingerprint density at radius 2 is 0.500 bits per heavy atom. The maximum Gasteiger partial charge on any atom is 3.00 e. The van der Waals surface area contributed by atoms with Crippen molar-refractivity contribution in [2.75, 3.05) is 0 Å². The summed E-state index contributed by atoms with van der Waals surface area (Å²) in [5, 5.41) is 0. The first-order valence-electron chi connectivity index (χ1n) is 0. The van der Waals surface area contributed by atoms with Crippen LogP contribution in [0.15, 0.2) is 0 Å². The van der Waals surface area contributed by atoms with E-state index in [2.05, 4.69) is 0 Å². The molecule has 0 fully saturated rings. The molecule has 6 N–H and O–H groups in total. The van der Waals surface area contributed by atoms with Gasteiger partial charge in [0.05, 0.1) is 0 Å². The Morgan fingerprint density at radius 3 is 0.500 bits per heavy atom. The van der Waals surface area contributed by atoms with Gasteiger partial charge in [0.15, 0.2) is 0 Å². The van der Waals surface area contributed by atoms with Crippen molar-refractivity contribution >= 4 is 0 Å². The minimum atomic E-state index is 0.